The second-order valence-corrected chi connectivity index (χ2v) is 5.52. The lowest BCUT2D eigenvalue weighted by molar-refractivity contribution is 0.103. The van der Waals surface area contributed by atoms with Crippen LogP contribution in [0.1, 0.15) is 6.92 Å². The third-order valence-electron chi connectivity index (χ3n) is 3.51. The molecule has 0 fully saturated rings. The van der Waals surface area contributed by atoms with Gasteiger partial charge in [-0.1, -0.05) is 0 Å². The summed E-state index contributed by atoms with van der Waals surface area (Å²) in [5.74, 6) is 2.04. The van der Waals surface area contributed by atoms with Gasteiger partial charge in [0.2, 0.25) is 6.79 Å². The van der Waals surface area contributed by atoms with Gasteiger partial charge >= 0.3 is 0 Å². The normalized spacial score (nSPS) is 15.4. The molecular weight excluding hydrogens is 298 g/mol. The van der Waals surface area contributed by atoms with Crippen LogP contribution in [-0.4, -0.2) is 47.0 Å². The molecule has 3 rings (SSSR count). The molecule has 0 bridgehead atoms. The molecule has 0 spiro atoms. The highest BCUT2D eigenvalue weighted by Gasteiger charge is 2.14. The Kier molecular flexibility index (Phi) is 4.99. The van der Waals surface area contributed by atoms with Crippen LogP contribution in [0.25, 0.3) is 0 Å². The Morgan fingerprint density at radius 1 is 1.39 bits per heavy atom. The Labute approximate surface area is 134 Å². The number of aliphatic hydroxyl groups excluding tert-OH is 1. The number of hydrogen-bond acceptors (Lipinski definition) is 6. The minimum atomic E-state index is -0.597. The molecule has 0 radical (unpaired) electrons. The van der Waals surface area contributed by atoms with E-state index in [0.29, 0.717) is 23.8 Å². The average molecular weight is 319 g/mol. The van der Waals surface area contributed by atoms with Gasteiger partial charge in [0.25, 0.3) is 0 Å². The molecule has 2 N–H and O–H groups in total. The monoisotopic (exact) mass is 319 g/mol. The Balaban J connectivity index is 1.38. The van der Waals surface area contributed by atoms with Gasteiger partial charge in [-0.15, -0.1) is 0 Å². The van der Waals surface area contributed by atoms with Crippen LogP contribution in [0, 0.1) is 0 Å². The van der Waals surface area contributed by atoms with Crippen LogP contribution >= 0.6 is 0 Å². The first-order chi connectivity index (χ1) is 11.2. The minimum absolute atomic E-state index is 0.204. The third kappa shape index (κ3) is 4.37. The van der Waals surface area contributed by atoms with E-state index in [1.54, 1.807) is 24.4 Å². The predicted molar refractivity (Wildman–Crippen MR) is 83.8 cm³/mol. The fraction of sp³-hybridized carbons (Fsp3) is 0.438. The van der Waals surface area contributed by atoms with E-state index in [9.17, 15) is 5.11 Å². The van der Waals surface area contributed by atoms with Gasteiger partial charge < -0.3 is 24.6 Å². The van der Waals surface area contributed by atoms with Crippen molar-refractivity contribution in [3.05, 3.63) is 36.7 Å². The van der Waals surface area contributed by atoms with Crippen LogP contribution in [0.15, 0.2) is 36.7 Å². The lowest BCUT2D eigenvalue weighted by atomic mass is 10.3. The van der Waals surface area contributed by atoms with Gasteiger partial charge in [-0.25, -0.2) is 0 Å². The van der Waals surface area contributed by atoms with Gasteiger partial charge in [0.05, 0.1) is 6.54 Å². The van der Waals surface area contributed by atoms with E-state index in [2.05, 4.69) is 10.4 Å². The second-order valence-electron chi connectivity index (χ2n) is 5.52. The lowest BCUT2D eigenvalue weighted by Crippen LogP contribution is -2.38. The van der Waals surface area contributed by atoms with Crippen molar-refractivity contribution in [2.24, 2.45) is 0 Å². The number of benzene rings is 1. The van der Waals surface area contributed by atoms with Gasteiger partial charge in [0.1, 0.15) is 18.5 Å². The molecule has 1 aromatic heterocycles. The van der Waals surface area contributed by atoms with Crippen molar-refractivity contribution in [2.75, 3.05) is 19.9 Å². The predicted octanol–water partition coefficient (Wildman–Crippen LogP) is 1.03. The molecule has 1 aliphatic heterocycles. The molecule has 7 heteroatoms. The van der Waals surface area contributed by atoms with Crippen molar-refractivity contribution >= 4 is 0 Å². The second kappa shape index (κ2) is 7.34. The Morgan fingerprint density at radius 3 is 3.09 bits per heavy atom. The Bertz CT molecular complexity index is 618. The number of ether oxygens (including phenoxy) is 3. The van der Waals surface area contributed by atoms with Gasteiger partial charge in [-0.3, -0.25) is 4.68 Å². The molecule has 2 heterocycles. The summed E-state index contributed by atoms with van der Waals surface area (Å²) >= 11 is 0. The van der Waals surface area contributed by atoms with Crippen LogP contribution in [0.2, 0.25) is 0 Å². The molecule has 2 aromatic rings. The van der Waals surface area contributed by atoms with E-state index < -0.39 is 6.10 Å². The highest BCUT2D eigenvalue weighted by atomic mass is 16.7. The molecule has 0 saturated heterocycles. The number of hydrogen-bond donors (Lipinski definition) is 2. The first kappa shape index (κ1) is 15.6. The zero-order chi connectivity index (χ0) is 16.1. The minimum Gasteiger partial charge on any atom is -0.491 e. The molecule has 0 aliphatic carbocycles. The molecule has 1 aliphatic rings. The highest BCUT2D eigenvalue weighted by molar-refractivity contribution is 5.46. The van der Waals surface area contributed by atoms with Gasteiger partial charge in [0.15, 0.2) is 11.5 Å². The van der Waals surface area contributed by atoms with Crippen LogP contribution in [0.4, 0.5) is 0 Å². The summed E-state index contributed by atoms with van der Waals surface area (Å²) in [6.45, 7) is 3.70. The summed E-state index contributed by atoms with van der Waals surface area (Å²) in [5, 5.41) is 17.4. The molecule has 7 nitrogen and oxygen atoms in total. The van der Waals surface area contributed by atoms with Crippen LogP contribution in [0.3, 0.4) is 0 Å². The van der Waals surface area contributed by atoms with Crippen molar-refractivity contribution in [3.8, 4) is 17.2 Å². The zero-order valence-corrected chi connectivity index (χ0v) is 13.0. The quantitative estimate of drug-likeness (QED) is 0.757. The maximum absolute atomic E-state index is 10.0. The molecular formula is C16H21N3O4. The van der Waals surface area contributed by atoms with E-state index in [0.717, 1.165) is 6.54 Å². The van der Waals surface area contributed by atoms with Crippen molar-refractivity contribution < 1.29 is 19.3 Å². The van der Waals surface area contributed by atoms with Gasteiger partial charge in [-0.2, -0.15) is 5.10 Å². The summed E-state index contributed by atoms with van der Waals surface area (Å²) in [6, 6.07) is 7.46. The highest BCUT2D eigenvalue weighted by Crippen LogP contribution is 2.35. The smallest absolute Gasteiger partial charge is 0.231 e. The van der Waals surface area contributed by atoms with Gasteiger partial charge in [0, 0.05) is 31.0 Å². The molecule has 1 aromatic carbocycles. The van der Waals surface area contributed by atoms with E-state index >= 15 is 0 Å². The molecule has 0 amide bonds. The fourth-order valence-corrected chi connectivity index (χ4v) is 2.31. The number of nitrogens with one attached hydrogen (secondary N) is 1. The SMILES string of the molecule is C[C@@H](Cn1cccn1)NC[C@@H](O)COc1ccc2c(c1)OCO2. The average Bonchev–Trinajstić information content (AvgIpc) is 3.21. The molecule has 23 heavy (non-hydrogen) atoms. The van der Waals surface area contributed by atoms with Crippen LogP contribution < -0.4 is 19.5 Å². The number of aliphatic hydroxyl groups is 1. The summed E-state index contributed by atoms with van der Waals surface area (Å²) in [6.07, 6.45) is 3.07. The Morgan fingerprint density at radius 2 is 2.26 bits per heavy atom. The third-order valence-corrected chi connectivity index (χ3v) is 3.51. The number of aromatic nitrogens is 2. The summed E-state index contributed by atoms with van der Waals surface area (Å²) in [5.41, 5.74) is 0. The van der Waals surface area contributed by atoms with Crippen molar-refractivity contribution in [1.82, 2.24) is 15.1 Å². The summed E-state index contributed by atoms with van der Waals surface area (Å²) in [4.78, 5) is 0. The fourth-order valence-electron chi connectivity index (χ4n) is 2.31. The first-order valence-corrected chi connectivity index (χ1v) is 7.62. The Hall–Kier alpha value is -2.25. The van der Waals surface area contributed by atoms with E-state index in [4.69, 9.17) is 14.2 Å². The molecule has 124 valence electrons. The van der Waals surface area contributed by atoms with Gasteiger partial charge in [-0.05, 0) is 25.1 Å². The molecule has 0 unspecified atom stereocenters. The summed E-state index contributed by atoms with van der Waals surface area (Å²) in [7, 11) is 0. The summed E-state index contributed by atoms with van der Waals surface area (Å²) < 4.78 is 18.0. The van der Waals surface area contributed by atoms with Crippen molar-refractivity contribution in [1.29, 1.82) is 0 Å². The largest absolute Gasteiger partial charge is 0.491 e. The van der Waals surface area contributed by atoms with Crippen molar-refractivity contribution in [2.45, 2.75) is 25.6 Å². The van der Waals surface area contributed by atoms with E-state index in [1.165, 1.54) is 0 Å². The van der Waals surface area contributed by atoms with Crippen LogP contribution in [-0.2, 0) is 6.54 Å². The number of rotatable bonds is 8. The van der Waals surface area contributed by atoms with E-state index in [1.807, 2.05) is 23.9 Å². The molecule has 0 saturated carbocycles. The molecule has 2 atom stereocenters. The standard InChI is InChI=1S/C16H21N3O4/c1-12(9-19-6-2-5-18-19)17-8-13(20)10-21-14-3-4-15-16(7-14)23-11-22-15/h2-7,12-13,17,20H,8-11H2,1H3/t12-,13+/m0/s1. The number of nitrogens with zero attached hydrogens (tertiary/aromatic N) is 2. The topological polar surface area (TPSA) is 77.8 Å². The number of fused-ring (bicyclic) bond motifs is 1. The maximum atomic E-state index is 10.0. The lowest BCUT2D eigenvalue weighted by Gasteiger charge is -2.17. The maximum Gasteiger partial charge on any atom is 0.231 e. The van der Waals surface area contributed by atoms with Crippen molar-refractivity contribution in [3.63, 3.8) is 0 Å². The zero-order valence-electron chi connectivity index (χ0n) is 13.0. The van der Waals surface area contributed by atoms with E-state index in [-0.39, 0.29) is 19.4 Å². The first-order valence-electron chi connectivity index (χ1n) is 7.62. The van der Waals surface area contributed by atoms with Crippen LogP contribution in [0.5, 0.6) is 17.2 Å².